The number of imidazole rings is 1. The highest BCUT2D eigenvalue weighted by Crippen LogP contribution is 2.23. The Morgan fingerprint density at radius 3 is 2.77 bits per heavy atom. The molecule has 154 valence electrons. The Balaban J connectivity index is 1.45. The summed E-state index contributed by atoms with van der Waals surface area (Å²) in [5.41, 5.74) is 5.00. The van der Waals surface area contributed by atoms with E-state index in [9.17, 15) is 4.79 Å². The van der Waals surface area contributed by atoms with Gasteiger partial charge in [-0.15, -0.1) is 0 Å². The number of aryl methyl sites for hydroxylation is 2. The monoisotopic (exact) mass is 403 g/mol. The molecule has 0 spiro atoms. The van der Waals surface area contributed by atoms with Crippen molar-refractivity contribution >= 4 is 16.6 Å². The molecule has 1 N–H and O–H groups in total. The summed E-state index contributed by atoms with van der Waals surface area (Å²) in [5, 5.41) is 4.28. The minimum absolute atomic E-state index is 0.368. The molecule has 0 radical (unpaired) electrons. The Kier molecular flexibility index (Phi) is 4.84. The van der Waals surface area contributed by atoms with Crippen molar-refractivity contribution in [3.05, 3.63) is 64.0 Å². The fourth-order valence-corrected chi connectivity index (χ4v) is 4.15. The lowest BCUT2D eigenvalue weighted by Gasteiger charge is -2.27. The molecule has 3 aromatic heterocycles. The van der Waals surface area contributed by atoms with Crippen LogP contribution in [-0.2, 0) is 6.42 Å². The largest absolute Gasteiger partial charge is 0.422 e. The van der Waals surface area contributed by atoms with Crippen molar-refractivity contribution in [1.82, 2.24) is 24.6 Å². The smallest absolute Gasteiger partial charge is 0.345 e. The summed E-state index contributed by atoms with van der Waals surface area (Å²) in [7, 11) is 0. The zero-order valence-corrected chi connectivity index (χ0v) is 17.3. The van der Waals surface area contributed by atoms with Gasteiger partial charge >= 0.3 is 5.63 Å². The predicted molar refractivity (Wildman–Crippen MR) is 117 cm³/mol. The zero-order chi connectivity index (χ0) is 20.7. The third kappa shape index (κ3) is 3.62. The van der Waals surface area contributed by atoms with Gasteiger partial charge in [-0.25, -0.2) is 9.78 Å². The average Bonchev–Trinajstić information content (AvgIpc) is 3.16. The first kappa shape index (κ1) is 19.0. The second-order valence-electron chi connectivity index (χ2n) is 7.99. The summed E-state index contributed by atoms with van der Waals surface area (Å²) in [6.07, 6.45) is 4.71. The highest BCUT2D eigenvalue weighted by molar-refractivity contribution is 5.81. The van der Waals surface area contributed by atoms with Crippen molar-refractivity contribution in [3.8, 4) is 11.3 Å². The van der Waals surface area contributed by atoms with Crippen LogP contribution >= 0.6 is 0 Å². The molecule has 4 heterocycles. The van der Waals surface area contributed by atoms with Crippen LogP contribution in [0.3, 0.4) is 0 Å². The van der Waals surface area contributed by atoms with Crippen molar-refractivity contribution in [2.45, 2.75) is 20.3 Å². The molecule has 5 rings (SSSR count). The van der Waals surface area contributed by atoms with Gasteiger partial charge in [0.05, 0.1) is 22.6 Å². The SMILES string of the molecule is Cc1cn2cc(-c3cc4ccc(CCN5CCNCC5)cc4oc3=O)nc2c(C)n1. The van der Waals surface area contributed by atoms with Crippen LogP contribution in [0, 0.1) is 13.8 Å². The molecule has 0 amide bonds. The second kappa shape index (κ2) is 7.66. The molecule has 0 bridgehead atoms. The average molecular weight is 403 g/mol. The molecule has 4 aromatic rings. The van der Waals surface area contributed by atoms with Gasteiger partial charge in [0, 0.05) is 50.5 Å². The molecule has 1 aliphatic rings. The first-order valence-electron chi connectivity index (χ1n) is 10.4. The van der Waals surface area contributed by atoms with E-state index in [0.29, 0.717) is 16.8 Å². The standard InChI is InChI=1S/C23H25N5O2/c1-15-13-28-14-20(26-22(28)16(2)25-15)19-12-18-4-3-17(11-21(18)30-23(19)29)5-8-27-9-6-24-7-10-27/h3-4,11-14,24H,5-10H2,1-2H3. The van der Waals surface area contributed by atoms with Crippen molar-refractivity contribution in [2.24, 2.45) is 0 Å². The van der Waals surface area contributed by atoms with Crippen LogP contribution in [0.2, 0.25) is 0 Å². The number of aromatic nitrogens is 3. The van der Waals surface area contributed by atoms with E-state index in [-0.39, 0.29) is 5.63 Å². The lowest BCUT2D eigenvalue weighted by atomic mass is 10.1. The Hall–Kier alpha value is -3.03. The summed E-state index contributed by atoms with van der Waals surface area (Å²) < 4.78 is 7.60. The van der Waals surface area contributed by atoms with Gasteiger partial charge in [-0.1, -0.05) is 12.1 Å². The molecule has 7 heteroatoms. The van der Waals surface area contributed by atoms with E-state index >= 15 is 0 Å². The predicted octanol–water partition coefficient (Wildman–Crippen LogP) is 2.57. The minimum atomic E-state index is -0.368. The lowest BCUT2D eigenvalue weighted by molar-refractivity contribution is 0.244. The first-order chi connectivity index (χ1) is 14.6. The van der Waals surface area contributed by atoms with Crippen LogP contribution in [0.5, 0.6) is 0 Å². The summed E-state index contributed by atoms with van der Waals surface area (Å²) in [6, 6.07) is 8.01. The van der Waals surface area contributed by atoms with Crippen molar-refractivity contribution in [1.29, 1.82) is 0 Å². The maximum absolute atomic E-state index is 12.7. The Morgan fingerprint density at radius 1 is 1.10 bits per heavy atom. The van der Waals surface area contributed by atoms with Gasteiger partial charge in [-0.05, 0) is 38.0 Å². The van der Waals surface area contributed by atoms with Crippen LogP contribution in [0.4, 0.5) is 0 Å². The van der Waals surface area contributed by atoms with E-state index in [2.05, 4.69) is 26.3 Å². The molecular formula is C23H25N5O2. The van der Waals surface area contributed by atoms with Crippen molar-refractivity contribution < 1.29 is 4.42 Å². The number of fused-ring (bicyclic) bond motifs is 2. The maximum atomic E-state index is 12.7. The molecule has 0 atom stereocenters. The van der Waals surface area contributed by atoms with Crippen LogP contribution in [0.15, 0.2) is 45.9 Å². The second-order valence-corrected chi connectivity index (χ2v) is 7.99. The summed E-state index contributed by atoms with van der Waals surface area (Å²) in [6.45, 7) is 9.14. The number of nitrogens with one attached hydrogen (secondary N) is 1. The van der Waals surface area contributed by atoms with Gasteiger partial charge in [-0.3, -0.25) is 4.98 Å². The summed E-state index contributed by atoms with van der Waals surface area (Å²) in [5.74, 6) is 0. The molecule has 1 saturated heterocycles. The third-order valence-corrected chi connectivity index (χ3v) is 5.73. The van der Waals surface area contributed by atoms with Crippen molar-refractivity contribution in [3.63, 3.8) is 0 Å². The van der Waals surface area contributed by atoms with E-state index in [1.807, 2.05) is 48.8 Å². The van der Waals surface area contributed by atoms with Crippen molar-refractivity contribution in [2.75, 3.05) is 32.7 Å². The molecule has 1 aliphatic heterocycles. The molecular weight excluding hydrogens is 378 g/mol. The van der Waals surface area contributed by atoms with E-state index in [0.717, 1.165) is 61.6 Å². The summed E-state index contributed by atoms with van der Waals surface area (Å²) in [4.78, 5) is 24.3. The van der Waals surface area contributed by atoms with Gasteiger partial charge in [0.15, 0.2) is 5.65 Å². The van der Waals surface area contributed by atoms with Gasteiger partial charge in [-0.2, -0.15) is 0 Å². The lowest BCUT2D eigenvalue weighted by Crippen LogP contribution is -2.44. The van der Waals surface area contributed by atoms with E-state index in [1.165, 1.54) is 5.56 Å². The number of hydrogen-bond donors (Lipinski definition) is 1. The quantitative estimate of drug-likeness (QED) is 0.528. The molecule has 30 heavy (non-hydrogen) atoms. The van der Waals surface area contributed by atoms with E-state index in [4.69, 9.17) is 4.42 Å². The van der Waals surface area contributed by atoms with Gasteiger partial charge in [0.2, 0.25) is 0 Å². The van der Waals surface area contributed by atoms with Gasteiger partial charge in [0.1, 0.15) is 5.58 Å². The normalized spacial score (nSPS) is 15.3. The first-order valence-corrected chi connectivity index (χ1v) is 10.4. The summed E-state index contributed by atoms with van der Waals surface area (Å²) >= 11 is 0. The van der Waals surface area contributed by atoms with Crippen LogP contribution < -0.4 is 10.9 Å². The maximum Gasteiger partial charge on any atom is 0.345 e. The Labute approximate surface area is 174 Å². The topological polar surface area (TPSA) is 75.7 Å². The molecule has 0 aliphatic carbocycles. The zero-order valence-electron chi connectivity index (χ0n) is 17.3. The number of nitrogens with zero attached hydrogens (tertiary/aromatic N) is 4. The highest BCUT2D eigenvalue weighted by Gasteiger charge is 2.14. The van der Waals surface area contributed by atoms with Crippen LogP contribution in [0.1, 0.15) is 17.0 Å². The molecule has 7 nitrogen and oxygen atoms in total. The van der Waals surface area contributed by atoms with E-state index < -0.39 is 0 Å². The molecule has 1 fully saturated rings. The van der Waals surface area contributed by atoms with Gasteiger partial charge < -0.3 is 19.0 Å². The Bertz CT molecular complexity index is 1280. The number of benzene rings is 1. The molecule has 1 aromatic carbocycles. The Morgan fingerprint density at radius 2 is 1.93 bits per heavy atom. The number of hydrogen-bond acceptors (Lipinski definition) is 6. The molecule has 0 saturated carbocycles. The van der Waals surface area contributed by atoms with E-state index in [1.54, 1.807) is 0 Å². The van der Waals surface area contributed by atoms with Crippen LogP contribution in [0.25, 0.3) is 27.9 Å². The number of rotatable bonds is 4. The van der Waals surface area contributed by atoms with Gasteiger partial charge in [0.25, 0.3) is 0 Å². The fourth-order valence-electron chi connectivity index (χ4n) is 4.15. The highest BCUT2D eigenvalue weighted by atomic mass is 16.4. The fraction of sp³-hybridized carbons (Fsp3) is 0.348. The minimum Gasteiger partial charge on any atom is -0.422 e. The third-order valence-electron chi connectivity index (χ3n) is 5.73. The van der Waals surface area contributed by atoms with Crippen LogP contribution in [-0.4, -0.2) is 52.0 Å². The number of piperazine rings is 1. The molecule has 0 unspecified atom stereocenters.